The lowest BCUT2D eigenvalue weighted by molar-refractivity contribution is 0.102. The minimum atomic E-state index is -0.101. The molecule has 0 amide bonds. The van der Waals surface area contributed by atoms with Crippen molar-refractivity contribution in [1.29, 1.82) is 0 Å². The van der Waals surface area contributed by atoms with Crippen molar-refractivity contribution >= 4 is 17.4 Å². The zero-order chi connectivity index (χ0) is 14.9. The number of halogens is 1. The van der Waals surface area contributed by atoms with Gasteiger partial charge in [0.25, 0.3) is 0 Å². The molecule has 0 atom stereocenters. The molecule has 1 aromatic carbocycles. The second-order valence-electron chi connectivity index (χ2n) is 5.78. The summed E-state index contributed by atoms with van der Waals surface area (Å²) in [6, 6.07) is 7.68. The quantitative estimate of drug-likeness (QED) is 0.798. The van der Waals surface area contributed by atoms with Gasteiger partial charge < -0.3 is 0 Å². The summed E-state index contributed by atoms with van der Waals surface area (Å²) in [7, 11) is 0. The largest absolute Gasteiger partial charge is 0.287 e. The van der Waals surface area contributed by atoms with Gasteiger partial charge in [-0.2, -0.15) is 5.10 Å². The molecule has 0 unspecified atom stereocenters. The molecule has 0 aliphatic rings. The minimum absolute atomic E-state index is 0.0696. The summed E-state index contributed by atoms with van der Waals surface area (Å²) in [6.07, 6.45) is 1.53. The Labute approximate surface area is 124 Å². The lowest BCUT2D eigenvalue weighted by Crippen LogP contribution is -2.19. The monoisotopic (exact) mass is 290 g/mol. The van der Waals surface area contributed by atoms with Gasteiger partial charge in [0.15, 0.2) is 0 Å². The highest BCUT2D eigenvalue weighted by atomic mass is 35.5. The molecule has 0 fully saturated rings. The van der Waals surface area contributed by atoms with E-state index in [0.717, 1.165) is 5.56 Å². The number of benzene rings is 1. The first-order valence-electron chi connectivity index (χ1n) is 6.71. The Kier molecular flexibility index (Phi) is 4.00. The van der Waals surface area contributed by atoms with Crippen LogP contribution in [0.5, 0.6) is 0 Å². The fourth-order valence-corrected chi connectivity index (χ4v) is 2.52. The Morgan fingerprint density at radius 3 is 2.55 bits per heavy atom. The zero-order valence-corrected chi connectivity index (χ0v) is 13.0. The van der Waals surface area contributed by atoms with Crippen LogP contribution in [0.15, 0.2) is 30.5 Å². The molecule has 0 aliphatic carbocycles. The first-order valence-corrected chi connectivity index (χ1v) is 7.09. The summed E-state index contributed by atoms with van der Waals surface area (Å²) in [5.41, 5.74) is 2.07. The van der Waals surface area contributed by atoms with Crippen LogP contribution in [0.2, 0.25) is 5.02 Å². The van der Waals surface area contributed by atoms with Crippen LogP contribution < -0.4 is 0 Å². The van der Waals surface area contributed by atoms with E-state index < -0.39 is 0 Å². The topological polar surface area (TPSA) is 34.9 Å². The van der Waals surface area contributed by atoms with E-state index in [4.69, 9.17) is 11.6 Å². The highest BCUT2D eigenvalue weighted by Crippen LogP contribution is 2.29. The summed E-state index contributed by atoms with van der Waals surface area (Å²) in [6.45, 7) is 8.84. The Morgan fingerprint density at radius 1 is 1.30 bits per heavy atom. The second-order valence-corrected chi connectivity index (χ2v) is 6.19. The molecule has 106 valence electrons. The average molecular weight is 291 g/mol. The van der Waals surface area contributed by atoms with Gasteiger partial charge in [-0.1, -0.05) is 56.6 Å². The number of aryl methyl sites for hydroxylation is 1. The van der Waals surface area contributed by atoms with Gasteiger partial charge in [-0.15, -0.1) is 0 Å². The molecule has 1 heterocycles. The van der Waals surface area contributed by atoms with Crippen LogP contribution in [-0.4, -0.2) is 15.6 Å². The van der Waals surface area contributed by atoms with E-state index in [2.05, 4.69) is 25.9 Å². The minimum Gasteiger partial charge on any atom is -0.287 e. The molecule has 0 bridgehead atoms. The highest BCUT2D eigenvalue weighted by molar-refractivity contribution is 6.34. The molecule has 0 saturated heterocycles. The third-order valence-electron chi connectivity index (χ3n) is 3.29. The predicted octanol–water partition coefficient (Wildman–Crippen LogP) is 4.08. The van der Waals surface area contributed by atoms with Gasteiger partial charge in [0, 0.05) is 12.1 Å². The van der Waals surface area contributed by atoms with Gasteiger partial charge in [-0.3, -0.25) is 9.48 Å². The van der Waals surface area contributed by atoms with Gasteiger partial charge in [-0.25, -0.2) is 0 Å². The number of carbonyl (C=O) groups is 1. The van der Waals surface area contributed by atoms with Crippen molar-refractivity contribution in [1.82, 2.24) is 9.78 Å². The van der Waals surface area contributed by atoms with Gasteiger partial charge >= 0.3 is 0 Å². The molecule has 2 rings (SSSR count). The maximum atomic E-state index is 12.8. The maximum Gasteiger partial charge on any atom is 0.212 e. The molecule has 1 aromatic heterocycles. The number of nitrogens with zero attached hydrogens (tertiary/aromatic N) is 2. The number of rotatable bonds is 3. The summed E-state index contributed by atoms with van der Waals surface area (Å²) in [5.74, 6) is -0.0696. The first-order chi connectivity index (χ1) is 9.36. The van der Waals surface area contributed by atoms with E-state index in [0.29, 0.717) is 22.8 Å². The van der Waals surface area contributed by atoms with E-state index in [1.54, 1.807) is 4.68 Å². The van der Waals surface area contributed by atoms with Crippen molar-refractivity contribution in [3.63, 3.8) is 0 Å². The highest BCUT2D eigenvalue weighted by Gasteiger charge is 2.25. The van der Waals surface area contributed by atoms with E-state index >= 15 is 0 Å². The van der Waals surface area contributed by atoms with E-state index in [1.165, 1.54) is 6.20 Å². The zero-order valence-electron chi connectivity index (χ0n) is 12.3. The molecule has 0 saturated carbocycles. The fourth-order valence-electron chi connectivity index (χ4n) is 2.29. The SMILES string of the molecule is CCn1ncc(Cl)c1C(=O)c1ccccc1C(C)(C)C. The summed E-state index contributed by atoms with van der Waals surface area (Å²) >= 11 is 6.13. The van der Waals surface area contributed by atoms with Gasteiger partial charge in [-0.05, 0) is 17.9 Å². The fraction of sp³-hybridized carbons (Fsp3) is 0.375. The maximum absolute atomic E-state index is 12.8. The third-order valence-corrected chi connectivity index (χ3v) is 3.57. The average Bonchev–Trinajstić information content (AvgIpc) is 2.78. The number of carbonyl (C=O) groups excluding carboxylic acids is 1. The van der Waals surface area contributed by atoms with E-state index in [9.17, 15) is 4.79 Å². The number of hydrogen-bond donors (Lipinski definition) is 0. The Morgan fingerprint density at radius 2 is 1.95 bits per heavy atom. The van der Waals surface area contributed by atoms with Crippen molar-refractivity contribution in [2.45, 2.75) is 39.7 Å². The van der Waals surface area contributed by atoms with Crippen molar-refractivity contribution in [3.8, 4) is 0 Å². The van der Waals surface area contributed by atoms with Gasteiger partial charge in [0.2, 0.25) is 5.78 Å². The smallest absolute Gasteiger partial charge is 0.212 e. The number of hydrogen-bond acceptors (Lipinski definition) is 2. The molecule has 0 aliphatic heterocycles. The molecule has 0 spiro atoms. The predicted molar refractivity (Wildman–Crippen MR) is 81.5 cm³/mol. The normalized spacial score (nSPS) is 11.7. The lowest BCUT2D eigenvalue weighted by Gasteiger charge is -2.22. The van der Waals surface area contributed by atoms with Gasteiger partial charge in [0.05, 0.1) is 11.2 Å². The summed E-state index contributed by atoms with van der Waals surface area (Å²) in [5, 5.41) is 4.54. The molecule has 20 heavy (non-hydrogen) atoms. The number of aromatic nitrogens is 2. The van der Waals surface area contributed by atoms with Crippen molar-refractivity contribution in [2.75, 3.05) is 0 Å². The van der Waals surface area contributed by atoms with Crippen LogP contribution in [0.4, 0.5) is 0 Å². The second kappa shape index (κ2) is 5.41. The molecular weight excluding hydrogens is 272 g/mol. The number of ketones is 1. The van der Waals surface area contributed by atoms with Gasteiger partial charge in [0.1, 0.15) is 5.69 Å². The Balaban J connectivity index is 2.58. The van der Waals surface area contributed by atoms with Crippen molar-refractivity contribution in [3.05, 3.63) is 52.3 Å². The Hall–Kier alpha value is -1.61. The Bertz CT molecular complexity index is 638. The third kappa shape index (κ3) is 2.63. The van der Waals surface area contributed by atoms with Crippen LogP contribution >= 0.6 is 11.6 Å². The van der Waals surface area contributed by atoms with E-state index in [-0.39, 0.29) is 11.2 Å². The summed E-state index contributed by atoms with van der Waals surface area (Å²) in [4.78, 5) is 12.8. The van der Waals surface area contributed by atoms with Crippen LogP contribution in [0.3, 0.4) is 0 Å². The molecule has 0 radical (unpaired) electrons. The lowest BCUT2D eigenvalue weighted by atomic mass is 9.82. The molecule has 0 N–H and O–H groups in total. The standard InChI is InChI=1S/C16H19ClN2O/c1-5-19-14(13(17)10-18-19)15(20)11-8-6-7-9-12(11)16(2,3)4/h6-10H,5H2,1-4H3. The summed E-state index contributed by atoms with van der Waals surface area (Å²) < 4.78 is 1.64. The molecule has 2 aromatic rings. The first kappa shape index (κ1) is 14.8. The molecular formula is C16H19ClN2O. The van der Waals surface area contributed by atoms with E-state index in [1.807, 2.05) is 31.2 Å². The van der Waals surface area contributed by atoms with Crippen molar-refractivity contribution in [2.24, 2.45) is 0 Å². The van der Waals surface area contributed by atoms with Crippen LogP contribution in [0, 0.1) is 0 Å². The molecule has 4 heteroatoms. The van der Waals surface area contributed by atoms with Crippen LogP contribution in [0.25, 0.3) is 0 Å². The van der Waals surface area contributed by atoms with Crippen LogP contribution in [0.1, 0.15) is 49.3 Å². The van der Waals surface area contributed by atoms with Crippen LogP contribution in [-0.2, 0) is 12.0 Å². The van der Waals surface area contributed by atoms with Crippen molar-refractivity contribution < 1.29 is 4.79 Å². The molecule has 3 nitrogen and oxygen atoms in total.